The molecule has 0 aliphatic heterocycles. The zero-order valence-electron chi connectivity index (χ0n) is 51.0. The van der Waals surface area contributed by atoms with Gasteiger partial charge >= 0.3 is 0 Å². The van der Waals surface area contributed by atoms with Gasteiger partial charge in [0.05, 0.1) is 175 Å². The minimum atomic E-state index is -4.10. The van der Waals surface area contributed by atoms with E-state index >= 15 is 0 Å². The highest BCUT2D eigenvalue weighted by atomic mass is 32.2. The number of aryl methyl sites for hydroxylation is 1. The molecule has 3 N–H and O–H groups in total. The summed E-state index contributed by atoms with van der Waals surface area (Å²) < 4.78 is 101. The summed E-state index contributed by atoms with van der Waals surface area (Å²) in [5.41, 5.74) is 3.90. The quantitative estimate of drug-likeness (QED) is 0.0309. The SMILES string of the molecule is CC(=O)CC(=O)CCc1ccc(NC(=O)CCOCCOCCOCCOCCOCCOCCOCCOCCOCCOCCOCCNC(=O)CCCC(=O)N(C)Cc2cc(-c3ncco3)ccc2-c2ccccc2S(=O)(=O)Nc2ccno2)cc1. The summed E-state index contributed by atoms with van der Waals surface area (Å²) >= 11 is 0. The molecule has 3 aromatic carbocycles. The van der Waals surface area contributed by atoms with Crippen molar-refractivity contribution in [2.24, 2.45) is 0 Å². The first-order valence-corrected chi connectivity index (χ1v) is 31.2. The Morgan fingerprint density at radius 2 is 1.10 bits per heavy atom. The summed E-state index contributed by atoms with van der Waals surface area (Å²) in [4.78, 5) is 66.6. The molecule has 5 aromatic rings. The fraction of sp³-hybridized carbons (Fsp3) is 0.532. The van der Waals surface area contributed by atoms with Gasteiger partial charge < -0.3 is 76.6 Å². The largest absolute Gasteiger partial charge is 0.445 e. The molecule has 0 atom stereocenters. The van der Waals surface area contributed by atoms with Crippen LogP contribution in [0, 0.1) is 0 Å². The fourth-order valence-corrected chi connectivity index (χ4v) is 9.45. The van der Waals surface area contributed by atoms with Crippen LogP contribution in [-0.4, -0.2) is 212 Å². The Balaban J connectivity index is 0.726. The number of aromatic nitrogens is 2. The number of hydrogen-bond acceptors (Lipinski definition) is 22. The average molecular weight is 1270 g/mol. The lowest BCUT2D eigenvalue weighted by Crippen LogP contribution is -2.29. The molecule has 0 saturated heterocycles. The van der Waals surface area contributed by atoms with E-state index in [9.17, 15) is 32.4 Å². The predicted molar refractivity (Wildman–Crippen MR) is 325 cm³/mol. The van der Waals surface area contributed by atoms with E-state index in [1.54, 1.807) is 49.5 Å². The van der Waals surface area contributed by atoms with Gasteiger partial charge in [-0.15, -0.1) is 0 Å². The summed E-state index contributed by atoms with van der Waals surface area (Å²) in [5.74, 6) is -0.440. The first kappa shape index (κ1) is 72.9. The second kappa shape index (κ2) is 44.6. The van der Waals surface area contributed by atoms with Gasteiger partial charge in [-0.25, -0.2) is 18.1 Å². The van der Waals surface area contributed by atoms with Crippen LogP contribution in [0.15, 0.2) is 105 Å². The number of sulfonamides is 1. The van der Waals surface area contributed by atoms with E-state index < -0.39 is 10.0 Å². The highest BCUT2D eigenvalue weighted by Gasteiger charge is 2.24. The van der Waals surface area contributed by atoms with Crippen molar-refractivity contribution in [2.45, 2.75) is 63.3 Å². The maximum atomic E-state index is 13.5. The Bertz CT molecular complexity index is 2880. The van der Waals surface area contributed by atoms with Gasteiger partial charge in [0.2, 0.25) is 29.5 Å². The van der Waals surface area contributed by atoms with Gasteiger partial charge in [0.15, 0.2) is 0 Å². The smallest absolute Gasteiger partial charge is 0.264 e. The van der Waals surface area contributed by atoms with E-state index in [0.29, 0.717) is 198 Å². The maximum absolute atomic E-state index is 13.5. The van der Waals surface area contributed by atoms with Gasteiger partial charge in [0, 0.05) is 62.3 Å². The van der Waals surface area contributed by atoms with E-state index in [0.717, 1.165) is 5.56 Å². The topological polar surface area (TPSA) is 312 Å². The van der Waals surface area contributed by atoms with Crippen LogP contribution in [0.3, 0.4) is 0 Å². The molecule has 0 unspecified atom stereocenters. The second-order valence-electron chi connectivity index (χ2n) is 19.8. The molecule has 5 rings (SSSR count). The molecule has 0 aliphatic rings. The predicted octanol–water partition coefficient (Wildman–Crippen LogP) is 5.73. The zero-order valence-corrected chi connectivity index (χ0v) is 51.8. The van der Waals surface area contributed by atoms with Gasteiger partial charge in [0.25, 0.3) is 10.0 Å². The van der Waals surface area contributed by atoms with Crippen LogP contribution in [0.25, 0.3) is 22.6 Å². The van der Waals surface area contributed by atoms with Crippen LogP contribution in [0.2, 0.25) is 0 Å². The fourth-order valence-electron chi connectivity index (χ4n) is 8.25. The zero-order chi connectivity index (χ0) is 63.4. The molecule has 26 nitrogen and oxygen atoms in total. The number of oxazole rings is 1. The van der Waals surface area contributed by atoms with E-state index in [-0.39, 0.29) is 78.9 Å². The third kappa shape index (κ3) is 31.9. The molecule has 490 valence electrons. The number of nitrogens with one attached hydrogen (secondary N) is 3. The molecular weight excluding hydrogens is 1180 g/mol. The molecule has 0 bridgehead atoms. The lowest BCUT2D eigenvalue weighted by molar-refractivity contribution is -0.131. The Labute approximate surface area is 520 Å². The van der Waals surface area contributed by atoms with Crippen molar-refractivity contribution in [2.75, 3.05) is 169 Å². The summed E-state index contributed by atoms with van der Waals surface area (Å²) in [5, 5.41) is 9.20. The van der Waals surface area contributed by atoms with E-state index in [1.807, 2.05) is 18.2 Å². The van der Waals surface area contributed by atoms with Crippen LogP contribution in [0.5, 0.6) is 0 Å². The van der Waals surface area contributed by atoms with Crippen LogP contribution in [-0.2, 0) is 99.1 Å². The summed E-state index contributed by atoms with van der Waals surface area (Å²) in [7, 11) is -2.45. The van der Waals surface area contributed by atoms with Gasteiger partial charge in [-0.2, -0.15) is 0 Å². The van der Waals surface area contributed by atoms with Crippen molar-refractivity contribution in [3.05, 3.63) is 103 Å². The molecule has 2 aromatic heterocycles. The molecule has 0 fully saturated rings. The van der Waals surface area contributed by atoms with Crippen molar-refractivity contribution in [3.8, 4) is 22.6 Å². The lowest BCUT2D eigenvalue weighted by Gasteiger charge is -2.21. The van der Waals surface area contributed by atoms with Crippen molar-refractivity contribution in [1.82, 2.24) is 20.4 Å². The Morgan fingerprint density at radius 3 is 1.62 bits per heavy atom. The second-order valence-corrected chi connectivity index (χ2v) is 21.4. The van der Waals surface area contributed by atoms with Crippen molar-refractivity contribution >= 4 is 50.9 Å². The molecule has 0 aliphatic carbocycles. The standard InChI is InChI=1S/C62H86N6O20S/c1-49(69)46-54(70)16-12-50-10-14-53(15-11-50)66-59(72)19-23-76-26-28-78-30-32-80-34-36-82-38-40-84-42-44-86-45-43-85-41-39-83-37-35-81-33-31-79-29-27-77-24-21-63-58(71)8-5-9-61(73)68(2)48-52-47-51(62-64-22-25-87-62)13-17-55(52)56-6-3-4-7-57(56)89(74,75)67-60-18-20-65-88-60/h3-4,6-7,10-11,13-15,17-18,20,22,25,47,67H,5,8-9,12,16,19,21,23-24,26-46,48H2,1-2H3,(H,63,71)(H,66,72). The highest BCUT2D eigenvalue weighted by molar-refractivity contribution is 7.92. The Morgan fingerprint density at radius 1 is 0.562 bits per heavy atom. The van der Waals surface area contributed by atoms with Crippen molar-refractivity contribution < 1.29 is 93.4 Å². The lowest BCUT2D eigenvalue weighted by atomic mass is 9.96. The summed E-state index contributed by atoms with van der Waals surface area (Å²) in [6.07, 6.45) is 5.93. The molecule has 27 heteroatoms. The minimum Gasteiger partial charge on any atom is -0.445 e. The number of ether oxygens (including phenoxy) is 11. The summed E-state index contributed by atoms with van der Waals surface area (Å²) in [6, 6.07) is 20.5. The van der Waals surface area contributed by atoms with E-state index in [1.165, 1.54) is 42.6 Å². The third-order valence-corrected chi connectivity index (χ3v) is 14.1. The van der Waals surface area contributed by atoms with Gasteiger partial charge in [0.1, 0.15) is 17.8 Å². The number of nitrogens with zero attached hydrogens (tertiary/aromatic N) is 3. The van der Waals surface area contributed by atoms with Gasteiger partial charge in [-0.1, -0.05) is 41.6 Å². The molecule has 0 saturated carbocycles. The normalized spacial score (nSPS) is 11.4. The molecule has 0 spiro atoms. The van der Waals surface area contributed by atoms with Crippen molar-refractivity contribution in [3.63, 3.8) is 0 Å². The number of ketones is 2. The van der Waals surface area contributed by atoms with E-state index in [2.05, 4.69) is 25.5 Å². The Kier molecular flexibility index (Phi) is 36.5. The van der Waals surface area contributed by atoms with Crippen LogP contribution in [0.1, 0.15) is 56.6 Å². The number of benzene rings is 3. The van der Waals surface area contributed by atoms with Gasteiger partial charge in [-0.05, 0) is 66.8 Å². The number of amides is 3. The molecule has 3 amide bonds. The number of carbonyl (C=O) groups excluding carboxylic acids is 5. The highest BCUT2D eigenvalue weighted by Crippen LogP contribution is 2.34. The number of rotatable bonds is 53. The number of Topliss-reactive ketones (excluding diaryl/α,β-unsaturated/α-hetero) is 2. The molecular formula is C62H86N6O20S. The monoisotopic (exact) mass is 1270 g/mol. The number of hydrogen-bond donors (Lipinski definition) is 3. The third-order valence-electron chi connectivity index (χ3n) is 12.7. The average Bonchev–Trinajstić information content (AvgIpc) is 2.32. The number of carbonyl (C=O) groups is 5. The van der Waals surface area contributed by atoms with Crippen LogP contribution < -0.4 is 15.4 Å². The van der Waals surface area contributed by atoms with Crippen LogP contribution in [0.4, 0.5) is 11.6 Å². The molecule has 2 heterocycles. The maximum Gasteiger partial charge on any atom is 0.264 e. The minimum absolute atomic E-state index is 0.000459. The Hall–Kier alpha value is -6.86. The van der Waals surface area contributed by atoms with Crippen molar-refractivity contribution in [1.29, 1.82) is 0 Å². The van der Waals surface area contributed by atoms with Crippen LogP contribution >= 0.6 is 0 Å². The molecule has 0 radical (unpaired) electrons. The summed E-state index contributed by atoms with van der Waals surface area (Å²) in [6.45, 7) is 10.8. The first-order chi connectivity index (χ1) is 43.4. The molecule has 89 heavy (non-hydrogen) atoms. The van der Waals surface area contributed by atoms with E-state index in [4.69, 9.17) is 61.0 Å². The van der Waals surface area contributed by atoms with Gasteiger partial charge in [-0.3, -0.25) is 24.0 Å². The number of anilines is 2. The first-order valence-electron chi connectivity index (χ1n) is 29.7.